The molecule has 1 saturated heterocycles. The number of nitrogens with zero attached hydrogens (tertiary/aromatic N) is 1. The molecule has 20 heavy (non-hydrogen) atoms. The SMILES string of the molecule is CC(C)NCc1ccc2ccn(CC3CCCO3)c2c1. The lowest BCUT2D eigenvalue weighted by molar-refractivity contribution is 0.0980. The fraction of sp³-hybridized carbons (Fsp3) is 0.529. The highest BCUT2D eigenvalue weighted by atomic mass is 16.5. The van der Waals surface area contributed by atoms with E-state index < -0.39 is 0 Å². The zero-order chi connectivity index (χ0) is 13.9. The molecule has 1 unspecified atom stereocenters. The quantitative estimate of drug-likeness (QED) is 0.903. The van der Waals surface area contributed by atoms with Gasteiger partial charge in [-0.25, -0.2) is 0 Å². The van der Waals surface area contributed by atoms with Crippen molar-refractivity contribution < 1.29 is 4.74 Å². The van der Waals surface area contributed by atoms with Gasteiger partial charge in [-0.1, -0.05) is 26.0 Å². The molecular formula is C17H24N2O. The Bertz CT molecular complexity index is 567. The molecule has 2 aromatic rings. The highest BCUT2D eigenvalue weighted by Crippen LogP contribution is 2.21. The number of hydrogen-bond donors (Lipinski definition) is 1. The first-order chi connectivity index (χ1) is 9.72. The molecule has 1 aliphatic rings. The molecule has 0 bridgehead atoms. The van der Waals surface area contributed by atoms with Crippen LogP contribution in [0.5, 0.6) is 0 Å². The summed E-state index contributed by atoms with van der Waals surface area (Å²) in [5.41, 5.74) is 2.67. The van der Waals surface area contributed by atoms with Crippen molar-refractivity contribution in [2.75, 3.05) is 6.61 Å². The van der Waals surface area contributed by atoms with Crippen LogP contribution < -0.4 is 5.32 Å². The van der Waals surface area contributed by atoms with Crippen LogP contribution in [0.2, 0.25) is 0 Å². The molecule has 1 fully saturated rings. The van der Waals surface area contributed by atoms with E-state index >= 15 is 0 Å². The van der Waals surface area contributed by atoms with Crippen molar-refractivity contribution in [3.8, 4) is 0 Å². The first-order valence-corrected chi connectivity index (χ1v) is 7.65. The van der Waals surface area contributed by atoms with Crippen molar-refractivity contribution in [3.05, 3.63) is 36.0 Å². The molecule has 1 aliphatic heterocycles. The van der Waals surface area contributed by atoms with Gasteiger partial charge in [-0.15, -0.1) is 0 Å². The Morgan fingerprint density at radius 2 is 2.25 bits per heavy atom. The number of fused-ring (bicyclic) bond motifs is 1. The van der Waals surface area contributed by atoms with E-state index in [1.807, 2.05) is 0 Å². The third kappa shape index (κ3) is 3.05. The molecule has 0 radical (unpaired) electrons. The van der Waals surface area contributed by atoms with Crippen LogP contribution in [0, 0.1) is 0 Å². The molecule has 0 spiro atoms. The Labute approximate surface area is 120 Å². The Morgan fingerprint density at radius 3 is 3.00 bits per heavy atom. The fourth-order valence-corrected chi connectivity index (χ4v) is 2.83. The maximum atomic E-state index is 5.75. The van der Waals surface area contributed by atoms with Gasteiger partial charge in [-0.3, -0.25) is 0 Å². The lowest BCUT2D eigenvalue weighted by atomic mass is 10.1. The largest absolute Gasteiger partial charge is 0.376 e. The van der Waals surface area contributed by atoms with Gasteiger partial charge in [0.25, 0.3) is 0 Å². The Morgan fingerprint density at radius 1 is 1.35 bits per heavy atom. The molecule has 3 nitrogen and oxygen atoms in total. The average Bonchev–Trinajstić information content (AvgIpc) is 3.07. The molecule has 0 saturated carbocycles. The van der Waals surface area contributed by atoms with Crippen LogP contribution in [-0.4, -0.2) is 23.3 Å². The van der Waals surface area contributed by atoms with E-state index in [9.17, 15) is 0 Å². The second-order valence-electron chi connectivity index (χ2n) is 6.03. The van der Waals surface area contributed by atoms with Gasteiger partial charge in [0.05, 0.1) is 6.10 Å². The molecule has 1 N–H and O–H groups in total. The highest BCUT2D eigenvalue weighted by Gasteiger charge is 2.16. The molecule has 1 aromatic heterocycles. The van der Waals surface area contributed by atoms with Gasteiger partial charge in [0, 0.05) is 37.5 Å². The highest BCUT2D eigenvalue weighted by molar-refractivity contribution is 5.80. The second-order valence-corrected chi connectivity index (χ2v) is 6.03. The van der Waals surface area contributed by atoms with Crippen LogP contribution in [-0.2, 0) is 17.8 Å². The second kappa shape index (κ2) is 5.98. The Kier molecular flexibility index (Phi) is 4.08. The number of benzene rings is 1. The first-order valence-electron chi connectivity index (χ1n) is 7.65. The average molecular weight is 272 g/mol. The van der Waals surface area contributed by atoms with Crippen LogP contribution in [0.25, 0.3) is 10.9 Å². The van der Waals surface area contributed by atoms with Gasteiger partial charge >= 0.3 is 0 Å². The molecule has 0 amide bonds. The van der Waals surface area contributed by atoms with E-state index in [4.69, 9.17) is 4.74 Å². The Hall–Kier alpha value is -1.32. The van der Waals surface area contributed by atoms with Gasteiger partial charge in [-0.05, 0) is 35.9 Å². The molecule has 2 heterocycles. The summed E-state index contributed by atoms with van der Waals surface area (Å²) in [6.45, 7) is 7.19. The van der Waals surface area contributed by atoms with Gasteiger partial charge in [0.1, 0.15) is 0 Å². The van der Waals surface area contributed by atoms with Crippen LogP contribution in [0.4, 0.5) is 0 Å². The molecule has 108 valence electrons. The summed E-state index contributed by atoms with van der Waals surface area (Å²) < 4.78 is 8.09. The lowest BCUT2D eigenvalue weighted by Gasteiger charge is -2.13. The van der Waals surface area contributed by atoms with Gasteiger partial charge < -0.3 is 14.6 Å². The third-order valence-electron chi connectivity index (χ3n) is 3.98. The number of rotatable bonds is 5. The normalized spacial score (nSPS) is 19.2. The summed E-state index contributed by atoms with van der Waals surface area (Å²) in [4.78, 5) is 0. The molecule has 0 aliphatic carbocycles. The summed E-state index contributed by atoms with van der Waals surface area (Å²) in [5.74, 6) is 0. The smallest absolute Gasteiger partial charge is 0.0754 e. The minimum atomic E-state index is 0.392. The maximum absolute atomic E-state index is 5.75. The predicted molar refractivity (Wildman–Crippen MR) is 82.9 cm³/mol. The van der Waals surface area contributed by atoms with Crippen molar-refractivity contribution >= 4 is 10.9 Å². The van der Waals surface area contributed by atoms with Gasteiger partial charge in [0.2, 0.25) is 0 Å². The minimum absolute atomic E-state index is 0.392. The van der Waals surface area contributed by atoms with Crippen LogP contribution >= 0.6 is 0 Å². The topological polar surface area (TPSA) is 26.2 Å². The number of ether oxygens (including phenoxy) is 1. The maximum Gasteiger partial charge on any atom is 0.0754 e. The summed E-state index contributed by atoms with van der Waals surface area (Å²) in [7, 11) is 0. The summed E-state index contributed by atoms with van der Waals surface area (Å²) in [6.07, 6.45) is 4.97. The molecular weight excluding hydrogens is 248 g/mol. The molecule has 1 atom stereocenters. The van der Waals surface area contributed by atoms with Crippen LogP contribution in [0.15, 0.2) is 30.5 Å². The van der Waals surface area contributed by atoms with E-state index in [2.05, 4.69) is 54.2 Å². The van der Waals surface area contributed by atoms with Gasteiger partial charge in [-0.2, -0.15) is 0 Å². The number of aromatic nitrogens is 1. The van der Waals surface area contributed by atoms with Crippen LogP contribution in [0.3, 0.4) is 0 Å². The van der Waals surface area contributed by atoms with E-state index in [0.29, 0.717) is 12.1 Å². The minimum Gasteiger partial charge on any atom is -0.376 e. The monoisotopic (exact) mass is 272 g/mol. The summed E-state index contributed by atoms with van der Waals surface area (Å²) in [6, 6.07) is 9.46. The molecule has 3 rings (SSSR count). The summed E-state index contributed by atoms with van der Waals surface area (Å²) >= 11 is 0. The third-order valence-corrected chi connectivity index (χ3v) is 3.98. The zero-order valence-corrected chi connectivity index (χ0v) is 12.4. The Balaban J connectivity index is 1.79. The lowest BCUT2D eigenvalue weighted by Crippen LogP contribution is -2.21. The fourth-order valence-electron chi connectivity index (χ4n) is 2.83. The first kappa shape index (κ1) is 13.7. The van der Waals surface area contributed by atoms with Crippen LogP contribution in [0.1, 0.15) is 32.3 Å². The van der Waals surface area contributed by atoms with E-state index in [1.165, 1.54) is 29.3 Å². The summed E-state index contributed by atoms with van der Waals surface area (Å²) in [5, 5.41) is 4.79. The van der Waals surface area contributed by atoms with E-state index in [-0.39, 0.29) is 0 Å². The predicted octanol–water partition coefficient (Wildman–Crippen LogP) is 3.32. The number of hydrogen-bond acceptors (Lipinski definition) is 2. The van der Waals surface area contributed by atoms with Crippen molar-refractivity contribution in [3.63, 3.8) is 0 Å². The van der Waals surface area contributed by atoms with E-state index in [0.717, 1.165) is 19.7 Å². The van der Waals surface area contributed by atoms with E-state index in [1.54, 1.807) is 0 Å². The molecule has 1 aromatic carbocycles. The van der Waals surface area contributed by atoms with Crippen molar-refractivity contribution in [2.45, 2.75) is 51.9 Å². The number of nitrogens with one attached hydrogen (secondary N) is 1. The van der Waals surface area contributed by atoms with Crippen molar-refractivity contribution in [1.29, 1.82) is 0 Å². The zero-order valence-electron chi connectivity index (χ0n) is 12.4. The molecule has 3 heteroatoms. The standard InChI is InChI=1S/C17H24N2O/c1-13(2)18-11-14-5-6-15-7-8-19(17(15)10-14)12-16-4-3-9-20-16/h5-8,10,13,16,18H,3-4,9,11-12H2,1-2H3. The van der Waals surface area contributed by atoms with Crippen molar-refractivity contribution in [2.24, 2.45) is 0 Å². The van der Waals surface area contributed by atoms with Crippen molar-refractivity contribution in [1.82, 2.24) is 9.88 Å². The van der Waals surface area contributed by atoms with Gasteiger partial charge in [0.15, 0.2) is 0 Å².